The number of aryl methyl sites for hydroxylation is 2. The Labute approximate surface area is 172 Å². The highest BCUT2D eigenvalue weighted by atomic mass is 19.4. The first-order valence-corrected chi connectivity index (χ1v) is 9.39. The topological polar surface area (TPSA) is 81.2 Å². The number of amides is 1. The summed E-state index contributed by atoms with van der Waals surface area (Å²) < 4.78 is 41.3. The Morgan fingerprint density at radius 2 is 1.83 bits per heavy atom. The molecule has 162 valence electrons. The van der Waals surface area contributed by atoms with Gasteiger partial charge in [0.05, 0.1) is 0 Å². The van der Waals surface area contributed by atoms with Gasteiger partial charge in [0.1, 0.15) is 5.78 Å². The van der Waals surface area contributed by atoms with Crippen molar-refractivity contribution in [1.82, 2.24) is 15.3 Å². The fraction of sp³-hybridized carbons (Fsp3) is 0.429. The fourth-order valence-electron chi connectivity index (χ4n) is 2.61. The summed E-state index contributed by atoms with van der Waals surface area (Å²) in [5.74, 6) is -0.572. The van der Waals surface area contributed by atoms with Gasteiger partial charge in [-0.3, -0.25) is 14.6 Å². The number of carbonyl (C=O) groups is 2. The Hall–Kier alpha value is -2.97. The SMILES string of the molecule is Cc1cc(C(=O)NCc2ccc(OCC(F)(F)F)nc2C)cc(CC(=O)C(C)C)n1. The Kier molecular flexibility index (Phi) is 7.53. The molecule has 0 unspecified atom stereocenters. The molecule has 1 amide bonds. The van der Waals surface area contributed by atoms with Gasteiger partial charge in [0.25, 0.3) is 5.91 Å². The van der Waals surface area contributed by atoms with Gasteiger partial charge in [-0.2, -0.15) is 13.2 Å². The summed E-state index contributed by atoms with van der Waals surface area (Å²) in [5, 5.41) is 2.75. The number of halogens is 3. The van der Waals surface area contributed by atoms with Crippen molar-refractivity contribution >= 4 is 11.7 Å². The zero-order valence-corrected chi connectivity index (χ0v) is 17.3. The molecule has 0 saturated heterocycles. The predicted octanol–water partition coefficient (Wildman–Crippen LogP) is 3.73. The molecular formula is C21H24F3N3O3. The first kappa shape index (κ1) is 23.3. The largest absolute Gasteiger partial charge is 0.468 e. The number of pyridine rings is 2. The summed E-state index contributed by atoms with van der Waals surface area (Å²) in [4.78, 5) is 32.8. The number of nitrogens with zero attached hydrogens (tertiary/aromatic N) is 2. The van der Waals surface area contributed by atoms with Crippen LogP contribution in [0.4, 0.5) is 13.2 Å². The van der Waals surface area contributed by atoms with E-state index in [1.807, 2.05) is 13.8 Å². The third kappa shape index (κ3) is 7.13. The maximum absolute atomic E-state index is 12.5. The maximum atomic E-state index is 12.5. The summed E-state index contributed by atoms with van der Waals surface area (Å²) in [5.41, 5.74) is 2.62. The summed E-state index contributed by atoms with van der Waals surface area (Å²) >= 11 is 0. The zero-order valence-electron chi connectivity index (χ0n) is 17.3. The van der Waals surface area contributed by atoms with Gasteiger partial charge in [-0.1, -0.05) is 19.9 Å². The number of nitrogens with one attached hydrogen (secondary N) is 1. The smallest absolute Gasteiger partial charge is 0.422 e. The van der Waals surface area contributed by atoms with Crippen molar-refractivity contribution in [3.8, 4) is 5.88 Å². The van der Waals surface area contributed by atoms with Gasteiger partial charge in [0.2, 0.25) is 5.88 Å². The zero-order chi connectivity index (χ0) is 22.5. The minimum absolute atomic E-state index is 0.0361. The highest BCUT2D eigenvalue weighted by Crippen LogP contribution is 2.18. The molecule has 0 saturated carbocycles. The lowest BCUT2D eigenvalue weighted by molar-refractivity contribution is -0.154. The van der Waals surface area contributed by atoms with Crippen molar-refractivity contribution in [1.29, 1.82) is 0 Å². The molecule has 0 aromatic carbocycles. The number of hydrogen-bond donors (Lipinski definition) is 1. The van der Waals surface area contributed by atoms with Crippen molar-refractivity contribution in [2.24, 2.45) is 5.92 Å². The van der Waals surface area contributed by atoms with Crippen LogP contribution in [0.2, 0.25) is 0 Å². The summed E-state index contributed by atoms with van der Waals surface area (Å²) in [7, 11) is 0. The number of carbonyl (C=O) groups excluding carboxylic acids is 2. The molecule has 0 radical (unpaired) electrons. The molecule has 30 heavy (non-hydrogen) atoms. The minimum Gasteiger partial charge on any atom is -0.468 e. The van der Waals surface area contributed by atoms with E-state index in [-0.39, 0.29) is 36.5 Å². The van der Waals surface area contributed by atoms with Gasteiger partial charge in [0, 0.05) is 47.6 Å². The molecule has 9 heteroatoms. The van der Waals surface area contributed by atoms with Crippen molar-refractivity contribution < 1.29 is 27.5 Å². The molecule has 0 bridgehead atoms. The van der Waals surface area contributed by atoms with Gasteiger partial charge >= 0.3 is 6.18 Å². The van der Waals surface area contributed by atoms with Crippen LogP contribution in [-0.2, 0) is 17.8 Å². The number of hydrogen-bond acceptors (Lipinski definition) is 5. The van der Waals surface area contributed by atoms with Crippen molar-refractivity contribution in [3.05, 3.63) is 52.5 Å². The monoisotopic (exact) mass is 423 g/mol. The van der Waals surface area contributed by atoms with E-state index in [4.69, 9.17) is 0 Å². The van der Waals surface area contributed by atoms with Crippen LogP contribution in [0.25, 0.3) is 0 Å². The number of ketones is 1. The Balaban J connectivity index is 2.03. The van der Waals surface area contributed by atoms with Crippen LogP contribution in [0.15, 0.2) is 24.3 Å². The van der Waals surface area contributed by atoms with E-state index in [2.05, 4.69) is 20.0 Å². The van der Waals surface area contributed by atoms with E-state index in [1.54, 1.807) is 32.0 Å². The van der Waals surface area contributed by atoms with E-state index < -0.39 is 12.8 Å². The fourth-order valence-corrected chi connectivity index (χ4v) is 2.61. The Morgan fingerprint density at radius 1 is 1.13 bits per heavy atom. The summed E-state index contributed by atoms with van der Waals surface area (Å²) in [6.07, 6.45) is -4.29. The highest BCUT2D eigenvalue weighted by molar-refractivity contribution is 5.94. The first-order chi connectivity index (χ1) is 13.9. The Morgan fingerprint density at radius 3 is 2.43 bits per heavy atom. The van der Waals surface area contributed by atoms with Crippen molar-refractivity contribution in [3.63, 3.8) is 0 Å². The third-order valence-electron chi connectivity index (χ3n) is 4.26. The van der Waals surface area contributed by atoms with Crippen LogP contribution in [0.5, 0.6) is 5.88 Å². The second-order valence-electron chi connectivity index (χ2n) is 7.27. The second-order valence-corrected chi connectivity index (χ2v) is 7.27. The average molecular weight is 423 g/mol. The van der Waals surface area contributed by atoms with Crippen LogP contribution in [0, 0.1) is 19.8 Å². The lowest BCUT2D eigenvalue weighted by Crippen LogP contribution is -2.24. The third-order valence-corrected chi connectivity index (χ3v) is 4.26. The molecule has 0 aliphatic heterocycles. The first-order valence-electron chi connectivity index (χ1n) is 9.39. The molecule has 1 N–H and O–H groups in total. The second kappa shape index (κ2) is 9.69. The number of rotatable bonds is 8. The molecule has 2 aromatic heterocycles. The number of Topliss-reactive ketones (excluding diaryl/α,β-unsaturated/α-hetero) is 1. The summed E-state index contributed by atoms with van der Waals surface area (Å²) in [6, 6.07) is 6.09. The molecule has 0 aliphatic rings. The maximum Gasteiger partial charge on any atom is 0.422 e. The molecule has 2 rings (SSSR count). The van der Waals surface area contributed by atoms with E-state index in [0.29, 0.717) is 28.2 Å². The normalized spacial score (nSPS) is 11.5. The van der Waals surface area contributed by atoms with Crippen LogP contribution in [0.3, 0.4) is 0 Å². The number of ether oxygens (including phenoxy) is 1. The summed E-state index contributed by atoms with van der Waals surface area (Å²) in [6.45, 7) is 5.70. The lowest BCUT2D eigenvalue weighted by Gasteiger charge is -2.12. The highest BCUT2D eigenvalue weighted by Gasteiger charge is 2.28. The van der Waals surface area contributed by atoms with Gasteiger partial charge in [-0.25, -0.2) is 4.98 Å². The van der Waals surface area contributed by atoms with Gasteiger partial charge in [-0.05, 0) is 31.5 Å². The number of alkyl halides is 3. The number of aromatic nitrogens is 2. The van der Waals surface area contributed by atoms with Gasteiger partial charge < -0.3 is 10.1 Å². The molecule has 0 fully saturated rings. The van der Waals surface area contributed by atoms with Crippen LogP contribution in [0.1, 0.15) is 46.9 Å². The molecule has 2 aromatic rings. The van der Waals surface area contributed by atoms with E-state index in [0.717, 1.165) is 0 Å². The molecule has 0 aliphatic carbocycles. The van der Waals surface area contributed by atoms with E-state index in [1.165, 1.54) is 6.07 Å². The van der Waals surface area contributed by atoms with Crippen LogP contribution >= 0.6 is 0 Å². The van der Waals surface area contributed by atoms with Gasteiger partial charge in [-0.15, -0.1) is 0 Å². The quantitative estimate of drug-likeness (QED) is 0.700. The van der Waals surface area contributed by atoms with Crippen molar-refractivity contribution in [2.75, 3.05) is 6.61 Å². The predicted molar refractivity (Wildman–Crippen MR) is 104 cm³/mol. The molecule has 0 spiro atoms. The molecule has 0 atom stereocenters. The molecule has 6 nitrogen and oxygen atoms in total. The standard InChI is InChI=1S/C21H24F3N3O3/c1-12(2)18(28)9-17-8-16(7-13(3)26-17)20(29)25-10-15-5-6-19(27-14(15)4)30-11-21(22,23)24/h5-8,12H,9-11H2,1-4H3,(H,25,29). The molecule has 2 heterocycles. The van der Waals surface area contributed by atoms with Crippen molar-refractivity contribution in [2.45, 2.75) is 46.8 Å². The van der Waals surface area contributed by atoms with E-state index in [9.17, 15) is 22.8 Å². The lowest BCUT2D eigenvalue weighted by atomic mass is 10.0. The van der Waals surface area contributed by atoms with Gasteiger partial charge in [0.15, 0.2) is 6.61 Å². The minimum atomic E-state index is -4.44. The van der Waals surface area contributed by atoms with Crippen LogP contribution in [-0.4, -0.2) is 34.4 Å². The van der Waals surface area contributed by atoms with E-state index >= 15 is 0 Å². The Bertz CT molecular complexity index is 927. The van der Waals surface area contributed by atoms with Crippen LogP contribution < -0.4 is 10.1 Å². The molecular weight excluding hydrogens is 399 g/mol. The average Bonchev–Trinajstić information content (AvgIpc) is 2.64.